The Balaban J connectivity index is 3.08. The van der Waals surface area contributed by atoms with Gasteiger partial charge in [-0.15, -0.1) is 6.58 Å². The molecular weight excluding hydrogens is 1040 g/mol. The summed E-state index contributed by atoms with van der Waals surface area (Å²) in [5.41, 5.74) is 0. The molecule has 0 spiro atoms. The number of esters is 1. The molecule has 0 aromatic carbocycles. The van der Waals surface area contributed by atoms with Gasteiger partial charge in [0.05, 0.1) is 291 Å². The Kier molecular flexibility index (Phi) is 71.1. The van der Waals surface area contributed by atoms with Crippen molar-refractivity contribution in [3.05, 3.63) is 25.3 Å². The molecule has 26 heteroatoms. The molecular formula is C52H100O26. The van der Waals surface area contributed by atoms with Crippen molar-refractivity contribution in [2.45, 2.75) is 0 Å². The zero-order chi connectivity index (χ0) is 55.9. The lowest BCUT2D eigenvalue weighted by molar-refractivity contribution is -0.291. The first-order chi connectivity index (χ1) is 38.8. The van der Waals surface area contributed by atoms with Crippen molar-refractivity contribution in [2.24, 2.45) is 0 Å². The van der Waals surface area contributed by atoms with Crippen LogP contribution in [0.2, 0.25) is 0 Å². The first kappa shape index (κ1) is 76.0. The molecule has 78 heavy (non-hydrogen) atoms. The minimum Gasteiger partial charge on any atom is -0.460 e. The van der Waals surface area contributed by atoms with Crippen LogP contribution in [0.25, 0.3) is 0 Å². The first-order valence-corrected chi connectivity index (χ1v) is 27.2. The molecule has 0 radical (unpaired) electrons. The van der Waals surface area contributed by atoms with Crippen LogP contribution in [0.15, 0.2) is 25.3 Å². The normalized spacial score (nSPS) is 11.5. The average Bonchev–Trinajstić information content (AvgIpc) is 3.45. The van der Waals surface area contributed by atoms with E-state index in [9.17, 15) is 4.79 Å². The second-order valence-electron chi connectivity index (χ2n) is 15.2. The van der Waals surface area contributed by atoms with E-state index in [1.807, 2.05) is 0 Å². The molecule has 0 unspecified atom stereocenters. The Morgan fingerprint density at radius 2 is 0.346 bits per heavy atom. The van der Waals surface area contributed by atoms with E-state index in [-0.39, 0.29) is 6.61 Å². The largest absolute Gasteiger partial charge is 0.460 e. The molecule has 0 fully saturated rings. The topological polar surface area (TPSA) is 248 Å². The van der Waals surface area contributed by atoms with Gasteiger partial charge in [0.25, 0.3) is 0 Å². The van der Waals surface area contributed by atoms with Crippen LogP contribution in [0.3, 0.4) is 0 Å². The lowest BCUT2D eigenvalue weighted by Gasteiger charge is -2.09. The Morgan fingerprint density at radius 3 is 0.487 bits per heavy atom. The first-order valence-electron chi connectivity index (χ1n) is 27.2. The smallest absolute Gasteiger partial charge is 0.330 e. The van der Waals surface area contributed by atoms with Crippen LogP contribution in [0.5, 0.6) is 0 Å². The fraction of sp³-hybridized carbons (Fsp3) is 0.904. The van der Waals surface area contributed by atoms with Gasteiger partial charge < -0.3 is 109 Å². The third kappa shape index (κ3) is 72.0. The fourth-order valence-corrected chi connectivity index (χ4v) is 5.23. The monoisotopic (exact) mass is 1140 g/mol. The standard InChI is InChI=1S/C52H100O26/c1-3-5-77-78-51-49-75-47-45-73-43-41-71-39-37-69-35-33-67-31-29-65-27-25-63-23-21-61-19-17-59-15-13-57-11-9-55-7-6-54-8-10-56-12-14-58-16-18-60-20-22-62-24-26-64-28-30-66-32-34-68-36-38-70-40-42-72-44-46-74-48-50-76-52(53)4-2/h3-4H,1-2,5-51H2. The van der Waals surface area contributed by atoms with E-state index < -0.39 is 5.97 Å². The highest BCUT2D eigenvalue weighted by Crippen LogP contribution is 1.91. The highest BCUT2D eigenvalue weighted by Gasteiger charge is 2.01. The summed E-state index contributed by atoms with van der Waals surface area (Å²) < 4.78 is 125. The molecule has 0 rings (SSSR count). The number of rotatable bonds is 73. The highest BCUT2D eigenvalue weighted by molar-refractivity contribution is 5.81. The third-order valence-corrected chi connectivity index (χ3v) is 9.03. The zero-order valence-corrected chi connectivity index (χ0v) is 46.9. The molecule has 26 nitrogen and oxygen atoms in total. The van der Waals surface area contributed by atoms with Gasteiger partial charge in [0, 0.05) is 6.08 Å². The van der Waals surface area contributed by atoms with Gasteiger partial charge in [-0.25, -0.2) is 14.6 Å². The molecule has 0 aliphatic rings. The van der Waals surface area contributed by atoms with Gasteiger partial charge in [-0.1, -0.05) is 12.7 Å². The van der Waals surface area contributed by atoms with Crippen molar-refractivity contribution in [3.63, 3.8) is 0 Å². The molecule has 0 aromatic heterocycles. The van der Waals surface area contributed by atoms with Crippen molar-refractivity contribution in [1.82, 2.24) is 0 Å². The molecule has 0 N–H and O–H groups in total. The summed E-state index contributed by atoms with van der Waals surface area (Å²) in [4.78, 5) is 20.5. The second-order valence-corrected chi connectivity index (χ2v) is 15.2. The number of ether oxygens (including phenoxy) is 23. The third-order valence-electron chi connectivity index (χ3n) is 9.03. The lowest BCUT2D eigenvalue weighted by Crippen LogP contribution is -2.16. The van der Waals surface area contributed by atoms with Crippen LogP contribution in [-0.2, 0) is 124 Å². The van der Waals surface area contributed by atoms with Gasteiger partial charge in [-0.2, -0.15) is 0 Å². The maximum atomic E-state index is 10.9. The Morgan fingerprint density at radius 1 is 0.205 bits per heavy atom. The second kappa shape index (κ2) is 73.0. The predicted octanol–water partition coefficient (Wildman–Crippen LogP) is 1.21. The molecule has 0 saturated heterocycles. The molecule has 0 bridgehead atoms. The van der Waals surface area contributed by atoms with Crippen molar-refractivity contribution >= 4 is 5.97 Å². The van der Waals surface area contributed by atoms with Crippen LogP contribution in [0.4, 0.5) is 0 Å². The van der Waals surface area contributed by atoms with Crippen LogP contribution >= 0.6 is 0 Å². The van der Waals surface area contributed by atoms with E-state index >= 15 is 0 Å². The van der Waals surface area contributed by atoms with E-state index in [1.165, 1.54) is 0 Å². The van der Waals surface area contributed by atoms with Crippen molar-refractivity contribution in [3.8, 4) is 0 Å². The van der Waals surface area contributed by atoms with Gasteiger partial charge in [0.15, 0.2) is 0 Å². The fourth-order valence-electron chi connectivity index (χ4n) is 5.23. The lowest BCUT2D eigenvalue weighted by atomic mass is 10.6. The Bertz CT molecular complexity index is 1140. The summed E-state index contributed by atoms with van der Waals surface area (Å²) in [7, 11) is 0. The number of hydrogen-bond donors (Lipinski definition) is 0. The molecule has 0 aromatic rings. The average molecular weight is 1140 g/mol. The predicted molar refractivity (Wildman–Crippen MR) is 281 cm³/mol. The summed E-state index contributed by atoms with van der Waals surface area (Å²) in [6, 6.07) is 0. The van der Waals surface area contributed by atoms with Crippen molar-refractivity contribution < 1.29 is 124 Å². The summed E-state index contributed by atoms with van der Waals surface area (Å²) in [5, 5.41) is 0. The minimum atomic E-state index is -0.465. The molecule has 0 atom stereocenters. The minimum absolute atomic E-state index is 0.190. The van der Waals surface area contributed by atoms with Gasteiger partial charge >= 0.3 is 5.97 Å². The van der Waals surface area contributed by atoms with Gasteiger partial charge in [0.1, 0.15) is 19.8 Å². The summed E-state index contributed by atoms with van der Waals surface area (Å²) in [6.07, 6.45) is 2.72. The molecule has 0 heterocycles. The molecule has 0 amide bonds. The number of hydrogen-bond acceptors (Lipinski definition) is 26. The molecule has 0 aliphatic carbocycles. The van der Waals surface area contributed by atoms with Crippen LogP contribution < -0.4 is 0 Å². The van der Waals surface area contributed by atoms with E-state index in [0.717, 1.165) is 6.08 Å². The SMILES string of the molecule is C=CCOOCCOCCOCCOCCOCCOCCOCCOCCOCCOCCOCCOCCOCCOCCOCCOCCOCCOCCOCCOCCOCCOCCOCCOC(=O)C=C. The van der Waals surface area contributed by atoms with E-state index in [2.05, 4.69) is 13.2 Å². The summed E-state index contributed by atoms with van der Waals surface area (Å²) in [6.45, 7) is 28.6. The van der Waals surface area contributed by atoms with Gasteiger partial charge in [-0.05, 0) is 0 Å². The highest BCUT2D eigenvalue weighted by atomic mass is 17.2. The van der Waals surface area contributed by atoms with Crippen LogP contribution in [0.1, 0.15) is 0 Å². The van der Waals surface area contributed by atoms with E-state index in [0.29, 0.717) is 304 Å². The Hall–Kier alpha value is -2.01. The molecule has 464 valence electrons. The summed E-state index contributed by atoms with van der Waals surface area (Å²) >= 11 is 0. The summed E-state index contributed by atoms with van der Waals surface area (Å²) in [5.74, 6) is -0.465. The van der Waals surface area contributed by atoms with Gasteiger partial charge in [0.2, 0.25) is 0 Å². The maximum absolute atomic E-state index is 10.9. The molecule has 0 aliphatic heterocycles. The molecule has 0 saturated carbocycles. The van der Waals surface area contributed by atoms with E-state index in [4.69, 9.17) is 119 Å². The van der Waals surface area contributed by atoms with Crippen LogP contribution in [0, 0.1) is 0 Å². The van der Waals surface area contributed by atoms with Crippen LogP contribution in [-0.4, -0.2) is 316 Å². The van der Waals surface area contributed by atoms with Crippen molar-refractivity contribution in [2.75, 3.05) is 311 Å². The Labute approximate surface area is 464 Å². The maximum Gasteiger partial charge on any atom is 0.330 e. The zero-order valence-electron chi connectivity index (χ0n) is 46.9. The quantitative estimate of drug-likeness (QED) is 0.0207. The number of carbonyl (C=O) groups excluding carboxylic acids is 1. The van der Waals surface area contributed by atoms with Crippen molar-refractivity contribution in [1.29, 1.82) is 0 Å². The van der Waals surface area contributed by atoms with Gasteiger partial charge in [-0.3, -0.25) is 0 Å². The van der Waals surface area contributed by atoms with E-state index in [1.54, 1.807) is 6.08 Å². The number of carbonyl (C=O) groups is 1.